The second-order valence-corrected chi connectivity index (χ2v) is 6.58. The standard InChI is InChI=1S/C18H34O4/c1-6-7-8-9-10-13-21-16(19)11-12-17(20)22-18(14(2)3)15(4)5/h14-15,18H,6-13H2,1-5H3. The number of hydrogen-bond acceptors (Lipinski definition) is 4. The minimum atomic E-state index is -0.313. The van der Waals surface area contributed by atoms with Gasteiger partial charge in [0.15, 0.2) is 0 Å². The number of esters is 2. The van der Waals surface area contributed by atoms with Crippen molar-refractivity contribution in [3.8, 4) is 0 Å². The van der Waals surface area contributed by atoms with Crippen molar-refractivity contribution < 1.29 is 19.1 Å². The first kappa shape index (κ1) is 20.9. The average molecular weight is 314 g/mol. The van der Waals surface area contributed by atoms with Crippen molar-refractivity contribution in [3.63, 3.8) is 0 Å². The summed E-state index contributed by atoms with van der Waals surface area (Å²) in [6, 6.07) is 0. The summed E-state index contributed by atoms with van der Waals surface area (Å²) in [5, 5.41) is 0. The molecule has 0 N–H and O–H groups in total. The quantitative estimate of drug-likeness (QED) is 0.393. The molecule has 0 heterocycles. The predicted octanol–water partition coefficient (Wildman–Crippen LogP) is 4.50. The van der Waals surface area contributed by atoms with E-state index >= 15 is 0 Å². The predicted molar refractivity (Wildman–Crippen MR) is 88.5 cm³/mol. The lowest BCUT2D eigenvalue weighted by molar-refractivity contribution is -0.157. The molecule has 4 nitrogen and oxygen atoms in total. The Balaban J connectivity index is 3.78. The van der Waals surface area contributed by atoms with E-state index in [-0.39, 0.29) is 42.7 Å². The SMILES string of the molecule is CCCCCCCOC(=O)CCC(=O)OC(C(C)C)C(C)C. The van der Waals surface area contributed by atoms with Gasteiger partial charge in [-0.2, -0.15) is 0 Å². The Morgan fingerprint density at radius 3 is 1.91 bits per heavy atom. The largest absolute Gasteiger partial charge is 0.466 e. The molecule has 0 amide bonds. The topological polar surface area (TPSA) is 52.6 Å². The van der Waals surface area contributed by atoms with Gasteiger partial charge in [-0.05, 0) is 18.3 Å². The molecule has 22 heavy (non-hydrogen) atoms. The number of ether oxygens (including phenoxy) is 2. The molecule has 0 spiro atoms. The van der Waals surface area contributed by atoms with Gasteiger partial charge in [-0.15, -0.1) is 0 Å². The molecule has 0 fully saturated rings. The van der Waals surface area contributed by atoms with E-state index in [0.29, 0.717) is 6.61 Å². The molecule has 0 saturated heterocycles. The first-order valence-electron chi connectivity index (χ1n) is 8.73. The Bertz CT molecular complexity index is 302. The lowest BCUT2D eigenvalue weighted by Gasteiger charge is -2.24. The van der Waals surface area contributed by atoms with Crippen LogP contribution in [0.15, 0.2) is 0 Å². The van der Waals surface area contributed by atoms with Crippen LogP contribution in [0.4, 0.5) is 0 Å². The first-order chi connectivity index (χ1) is 10.4. The van der Waals surface area contributed by atoms with Crippen LogP contribution in [-0.4, -0.2) is 24.6 Å². The number of unbranched alkanes of at least 4 members (excludes halogenated alkanes) is 4. The maximum Gasteiger partial charge on any atom is 0.306 e. The van der Waals surface area contributed by atoms with Crippen molar-refractivity contribution in [2.75, 3.05) is 6.61 Å². The molecule has 0 aromatic heterocycles. The van der Waals surface area contributed by atoms with Crippen molar-refractivity contribution in [1.82, 2.24) is 0 Å². The van der Waals surface area contributed by atoms with Crippen molar-refractivity contribution in [3.05, 3.63) is 0 Å². The average Bonchev–Trinajstić information content (AvgIpc) is 2.45. The highest BCUT2D eigenvalue weighted by Crippen LogP contribution is 2.17. The van der Waals surface area contributed by atoms with Crippen LogP contribution in [0.3, 0.4) is 0 Å². The van der Waals surface area contributed by atoms with Gasteiger partial charge in [-0.25, -0.2) is 0 Å². The molecule has 0 aliphatic carbocycles. The van der Waals surface area contributed by atoms with Gasteiger partial charge >= 0.3 is 11.9 Å². The fourth-order valence-corrected chi connectivity index (χ4v) is 2.42. The maximum atomic E-state index is 11.8. The Morgan fingerprint density at radius 1 is 0.818 bits per heavy atom. The number of rotatable bonds is 12. The van der Waals surface area contributed by atoms with Crippen LogP contribution in [0.2, 0.25) is 0 Å². The highest BCUT2D eigenvalue weighted by Gasteiger charge is 2.22. The van der Waals surface area contributed by atoms with Crippen LogP contribution in [0.5, 0.6) is 0 Å². The third-order valence-corrected chi connectivity index (χ3v) is 3.63. The molecule has 0 atom stereocenters. The molecule has 0 rings (SSSR count). The number of carbonyl (C=O) groups is 2. The summed E-state index contributed by atoms with van der Waals surface area (Å²) in [5.41, 5.74) is 0. The Morgan fingerprint density at radius 2 is 1.36 bits per heavy atom. The second-order valence-electron chi connectivity index (χ2n) is 6.58. The lowest BCUT2D eigenvalue weighted by Crippen LogP contribution is -2.29. The van der Waals surface area contributed by atoms with E-state index in [0.717, 1.165) is 12.8 Å². The van der Waals surface area contributed by atoms with Crippen molar-refractivity contribution in [2.45, 2.75) is 85.7 Å². The van der Waals surface area contributed by atoms with Gasteiger partial charge in [0.2, 0.25) is 0 Å². The molecule has 0 aromatic carbocycles. The van der Waals surface area contributed by atoms with Gasteiger partial charge in [0.05, 0.1) is 19.4 Å². The van der Waals surface area contributed by atoms with Gasteiger partial charge in [-0.3, -0.25) is 9.59 Å². The van der Waals surface area contributed by atoms with E-state index in [1.165, 1.54) is 19.3 Å². The van der Waals surface area contributed by atoms with E-state index in [2.05, 4.69) is 6.92 Å². The Labute approximate surface area is 135 Å². The molecule has 0 aliphatic heterocycles. The lowest BCUT2D eigenvalue weighted by atomic mass is 9.96. The zero-order chi connectivity index (χ0) is 17.0. The third-order valence-electron chi connectivity index (χ3n) is 3.63. The van der Waals surface area contributed by atoms with E-state index in [4.69, 9.17) is 9.47 Å². The van der Waals surface area contributed by atoms with Gasteiger partial charge in [0, 0.05) is 0 Å². The van der Waals surface area contributed by atoms with Gasteiger partial charge in [-0.1, -0.05) is 60.3 Å². The van der Waals surface area contributed by atoms with Crippen LogP contribution in [0.1, 0.15) is 79.6 Å². The van der Waals surface area contributed by atoms with Gasteiger partial charge in [0.1, 0.15) is 6.10 Å². The Kier molecular flexibility index (Phi) is 11.9. The summed E-state index contributed by atoms with van der Waals surface area (Å²) in [6.45, 7) is 10.8. The fraction of sp³-hybridized carbons (Fsp3) is 0.889. The summed E-state index contributed by atoms with van der Waals surface area (Å²) in [7, 11) is 0. The van der Waals surface area contributed by atoms with Crippen LogP contribution in [0, 0.1) is 11.8 Å². The van der Waals surface area contributed by atoms with Crippen molar-refractivity contribution in [2.24, 2.45) is 11.8 Å². The summed E-state index contributed by atoms with van der Waals surface area (Å²) < 4.78 is 10.6. The zero-order valence-electron chi connectivity index (χ0n) is 15.0. The van der Waals surface area contributed by atoms with Gasteiger partial charge < -0.3 is 9.47 Å². The Hall–Kier alpha value is -1.06. The molecule has 0 bridgehead atoms. The van der Waals surface area contributed by atoms with E-state index in [9.17, 15) is 9.59 Å². The first-order valence-corrected chi connectivity index (χ1v) is 8.73. The van der Waals surface area contributed by atoms with Crippen LogP contribution in [0.25, 0.3) is 0 Å². The fourth-order valence-electron chi connectivity index (χ4n) is 2.42. The summed E-state index contributed by atoms with van der Waals surface area (Å²) in [5.74, 6) is -0.0663. The molecule has 130 valence electrons. The molecular formula is C18H34O4. The molecule has 0 aliphatic rings. The molecular weight excluding hydrogens is 280 g/mol. The highest BCUT2D eigenvalue weighted by molar-refractivity contribution is 5.77. The van der Waals surface area contributed by atoms with Crippen LogP contribution < -0.4 is 0 Å². The van der Waals surface area contributed by atoms with Crippen molar-refractivity contribution >= 4 is 11.9 Å². The van der Waals surface area contributed by atoms with Gasteiger partial charge in [0.25, 0.3) is 0 Å². The number of carbonyl (C=O) groups excluding carboxylic acids is 2. The minimum absolute atomic E-state index is 0.0953. The van der Waals surface area contributed by atoms with Crippen LogP contribution in [-0.2, 0) is 19.1 Å². The van der Waals surface area contributed by atoms with E-state index in [1.54, 1.807) is 0 Å². The smallest absolute Gasteiger partial charge is 0.306 e. The second kappa shape index (κ2) is 12.5. The zero-order valence-corrected chi connectivity index (χ0v) is 15.0. The monoisotopic (exact) mass is 314 g/mol. The molecule has 0 radical (unpaired) electrons. The minimum Gasteiger partial charge on any atom is -0.466 e. The molecule has 0 unspecified atom stereocenters. The van der Waals surface area contributed by atoms with Crippen LogP contribution >= 0.6 is 0 Å². The van der Waals surface area contributed by atoms with Crippen molar-refractivity contribution in [1.29, 1.82) is 0 Å². The summed E-state index contributed by atoms with van der Waals surface area (Å²) in [4.78, 5) is 23.3. The third kappa shape index (κ3) is 10.6. The number of hydrogen-bond donors (Lipinski definition) is 0. The van der Waals surface area contributed by atoms with E-state index in [1.807, 2.05) is 27.7 Å². The molecule has 0 aromatic rings. The normalized spacial score (nSPS) is 11.3. The summed E-state index contributed by atoms with van der Waals surface area (Å²) in [6.07, 6.45) is 5.73. The maximum absolute atomic E-state index is 11.8. The highest BCUT2D eigenvalue weighted by atomic mass is 16.5. The van der Waals surface area contributed by atoms with E-state index < -0.39 is 0 Å². The summed E-state index contributed by atoms with van der Waals surface area (Å²) >= 11 is 0. The molecule has 4 heteroatoms. The molecule has 0 saturated carbocycles.